The summed E-state index contributed by atoms with van der Waals surface area (Å²) in [5, 5.41) is 4.40. The van der Waals surface area contributed by atoms with Crippen molar-refractivity contribution < 1.29 is 18.0 Å². The molecule has 1 atom stereocenters. The lowest BCUT2D eigenvalue weighted by Gasteiger charge is -2.29. The molecule has 0 radical (unpaired) electrons. The van der Waals surface area contributed by atoms with Crippen LogP contribution in [0.3, 0.4) is 0 Å². The van der Waals surface area contributed by atoms with E-state index in [1.807, 2.05) is 0 Å². The van der Waals surface area contributed by atoms with Crippen LogP contribution in [0.4, 0.5) is 5.69 Å². The van der Waals surface area contributed by atoms with Crippen molar-refractivity contribution >= 4 is 27.3 Å². The first kappa shape index (κ1) is 17.4. The minimum absolute atomic E-state index is 0.445. The van der Waals surface area contributed by atoms with E-state index in [0.29, 0.717) is 31.9 Å². The lowest BCUT2D eigenvalue weighted by Crippen LogP contribution is -2.51. The van der Waals surface area contributed by atoms with Crippen molar-refractivity contribution in [3.63, 3.8) is 0 Å². The molecule has 7 nitrogen and oxygen atoms in total. The molecule has 8 heteroatoms. The second-order valence-corrected chi connectivity index (χ2v) is 7.76. The third kappa shape index (κ3) is 4.77. The molecule has 1 fully saturated rings. The number of hydrogen-bond acceptors (Lipinski definition) is 5. The smallest absolute Gasteiger partial charge is 0.240 e. The van der Waals surface area contributed by atoms with Crippen molar-refractivity contribution in [2.75, 3.05) is 37.2 Å². The fourth-order valence-electron chi connectivity index (χ4n) is 2.32. The Bertz CT molecular complexity index is 655. The van der Waals surface area contributed by atoms with Crippen LogP contribution in [0.15, 0.2) is 30.3 Å². The number of nitrogens with one attached hydrogen (secondary N) is 2. The van der Waals surface area contributed by atoms with Crippen LogP contribution in [0.5, 0.6) is 0 Å². The van der Waals surface area contributed by atoms with Gasteiger partial charge in [-0.25, -0.2) is 8.42 Å². The number of carbonyl (C=O) groups excluding carboxylic acids is 2. The number of benzene rings is 1. The number of sulfone groups is 1. The van der Waals surface area contributed by atoms with E-state index < -0.39 is 32.7 Å². The fourth-order valence-corrected chi connectivity index (χ4v) is 3.47. The van der Waals surface area contributed by atoms with Crippen LogP contribution in [0.1, 0.15) is 6.92 Å². The predicted molar refractivity (Wildman–Crippen MR) is 87.8 cm³/mol. The number of amides is 2. The average molecular weight is 339 g/mol. The summed E-state index contributed by atoms with van der Waals surface area (Å²) in [6, 6.07) is 8.60. The monoisotopic (exact) mass is 339 g/mol. The normalized spacial score (nSPS) is 16.7. The quantitative estimate of drug-likeness (QED) is 0.778. The topological polar surface area (TPSA) is 95.6 Å². The molecule has 1 aromatic rings. The molecule has 0 aliphatic carbocycles. The van der Waals surface area contributed by atoms with Crippen LogP contribution in [0.25, 0.3) is 0 Å². The van der Waals surface area contributed by atoms with Gasteiger partial charge >= 0.3 is 0 Å². The summed E-state index contributed by atoms with van der Waals surface area (Å²) in [7, 11) is -3.85. The Morgan fingerprint density at radius 3 is 2.43 bits per heavy atom. The molecule has 1 aliphatic heterocycles. The van der Waals surface area contributed by atoms with E-state index in [2.05, 4.69) is 10.6 Å². The highest BCUT2D eigenvalue weighted by atomic mass is 32.2. The van der Waals surface area contributed by atoms with Gasteiger partial charge in [0.25, 0.3) is 0 Å². The summed E-state index contributed by atoms with van der Waals surface area (Å²) in [6.07, 6.45) is 0. The molecule has 2 rings (SSSR count). The molecule has 1 aliphatic rings. The Morgan fingerprint density at radius 1 is 1.22 bits per heavy atom. The van der Waals surface area contributed by atoms with E-state index in [1.54, 1.807) is 30.3 Å². The van der Waals surface area contributed by atoms with Crippen molar-refractivity contribution in [1.82, 2.24) is 10.2 Å². The first-order chi connectivity index (χ1) is 10.9. The zero-order valence-electron chi connectivity index (χ0n) is 13.0. The molecule has 1 aromatic carbocycles. The van der Waals surface area contributed by atoms with Gasteiger partial charge in [-0.3, -0.25) is 9.59 Å². The summed E-state index contributed by atoms with van der Waals surface area (Å²) in [5.74, 6) is -1.80. The second-order valence-electron chi connectivity index (χ2n) is 5.44. The number of anilines is 1. The summed E-state index contributed by atoms with van der Waals surface area (Å²) in [4.78, 5) is 25.7. The van der Waals surface area contributed by atoms with Gasteiger partial charge in [0, 0.05) is 31.9 Å². The van der Waals surface area contributed by atoms with Gasteiger partial charge in [-0.1, -0.05) is 18.2 Å². The maximum atomic E-state index is 12.3. The number of rotatable bonds is 5. The third-order valence-corrected chi connectivity index (χ3v) is 5.65. The number of hydrogen-bond donors (Lipinski definition) is 2. The molecule has 0 aromatic heterocycles. The zero-order chi connectivity index (χ0) is 16.9. The van der Waals surface area contributed by atoms with Crippen LogP contribution in [0.2, 0.25) is 0 Å². The molecule has 2 N–H and O–H groups in total. The maximum Gasteiger partial charge on any atom is 0.240 e. The van der Waals surface area contributed by atoms with Crippen molar-refractivity contribution in [1.29, 1.82) is 0 Å². The minimum Gasteiger partial charge on any atom is -0.339 e. The SMILES string of the molecule is CC(C(=O)N1CCNCC1)S(=O)(=O)CC(=O)Nc1ccccc1. The average Bonchev–Trinajstić information content (AvgIpc) is 2.54. The standard InChI is InChI=1S/C15H21N3O4S/c1-12(15(20)18-9-7-16-8-10-18)23(21,22)11-14(19)17-13-5-3-2-4-6-13/h2-6,12,16H,7-11H2,1H3,(H,17,19). The molecule has 2 amide bonds. The van der Waals surface area contributed by atoms with Crippen molar-refractivity contribution in [2.45, 2.75) is 12.2 Å². The number of carbonyl (C=O) groups is 2. The zero-order valence-corrected chi connectivity index (χ0v) is 13.8. The highest BCUT2D eigenvalue weighted by molar-refractivity contribution is 7.93. The fraction of sp³-hybridized carbons (Fsp3) is 0.467. The molecule has 126 valence electrons. The van der Waals surface area contributed by atoms with Gasteiger partial charge < -0.3 is 15.5 Å². The summed E-state index contributed by atoms with van der Waals surface area (Å²) in [5.41, 5.74) is 0.522. The van der Waals surface area contributed by atoms with Gasteiger partial charge in [0.1, 0.15) is 11.0 Å². The Kier molecular flexibility index (Phi) is 5.73. The molecule has 0 saturated carbocycles. The van der Waals surface area contributed by atoms with Crippen molar-refractivity contribution in [3.8, 4) is 0 Å². The van der Waals surface area contributed by atoms with Crippen LogP contribution >= 0.6 is 0 Å². The largest absolute Gasteiger partial charge is 0.339 e. The Hall–Kier alpha value is -1.93. The molecular weight excluding hydrogens is 318 g/mol. The number of piperazine rings is 1. The summed E-state index contributed by atoms with van der Waals surface area (Å²) >= 11 is 0. The Balaban J connectivity index is 1.96. The molecule has 1 heterocycles. The van der Waals surface area contributed by atoms with Gasteiger partial charge in [0.15, 0.2) is 9.84 Å². The van der Waals surface area contributed by atoms with Crippen molar-refractivity contribution in [2.24, 2.45) is 0 Å². The van der Waals surface area contributed by atoms with E-state index in [1.165, 1.54) is 11.8 Å². The Labute approximate surface area is 136 Å². The molecular formula is C15H21N3O4S. The lowest BCUT2D eigenvalue weighted by atomic mass is 10.3. The van der Waals surface area contributed by atoms with Crippen LogP contribution in [-0.2, 0) is 19.4 Å². The molecule has 1 saturated heterocycles. The number of para-hydroxylation sites is 1. The molecule has 0 bridgehead atoms. The highest BCUT2D eigenvalue weighted by Crippen LogP contribution is 2.10. The van der Waals surface area contributed by atoms with Gasteiger partial charge in [-0.15, -0.1) is 0 Å². The first-order valence-electron chi connectivity index (χ1n) is 7.46. The van der Waals surface area contributed by atoms with Crippen LogP contribution in [-0.4, -0.2) is 62.3 Å². The van der Waals surface area contributed by atoms with Crippen LogP contribution in [0, 0.1) is 0 Å². The maximum absolute atomic E-state index is 12.3. The van der Waals surface area contributed by atoms with Gasteiger partial charge in [0.2, 0.25) is 11.8 Å². The molecule has 1 unspecified atom stereocenters. The third-order valence-electron chi connectivity index (χ3n) is 3.70. The second kappa shape index (κ2) is 7.56. The van der Waals surface area contributed by atoms with Gasteiger partial charge in [-0.2, -0.15) is 0 Å². The minimum atomic E-state index is -3.85. The van der Waals surface area contributed by atoms with E-state index >= 15 is 0 Å². The van der Waals surface area contributed by atoms with E-state index in [9.17, 15) is 18.0 Å². The molecule has 0 spiro atoms. The highest BCUT2D eigenvalue weighted by Gasteiger charge is 2.33. The summed E-state index contributed by atoms with van der Waals surface area (Å²) < 4.78 is 24.6. The van der Waals surface area contributed by atoms with E-state index in [-0.39, 0.29) is 0 Å². The Morgan fingerprint density at radius 2 is 1.83 bits per heavy atom. The van der Waals surface area contributed by atoms with E-state index in [4.69, 9.17) is 0 Å². The lowest BCUT2D eigenvalue weighted by molar-refractivity contribution is -0.130. The van der Waals surface area contributed by atoms with E-state index in [0.717, 1.165) is 0 Å². The van der Waals surface area contributed by atoms with Crippen molar-refractivity contribution in [3.05, 3.63) is 30.3 Å². The summed E-state index contributed by atoms with van der Waals surface area (Å²) in [6.45, 7) is 3.60. The van der Waals surface area contributed by atoms with Crippen LogP contribution < -0.4 is 10.6 Å². The molecule has 23 heavy (non-hydrogen) atoms. The van der Waals surface area contributed by atoms with Gasteiger partial charge in [0.05, 0.1) is 0 Å². The first-order valence-corrected chi connectivity index (χ1v) is 9.17. The predicted octanol–water partition coefficient (Wildman–Crippen LogP) is -0.140. The number of nitrogens with zero attached hydrogens (tertiary/aromatic N) is 1. The van der Waals surface area contributed by atoms with Gasteiger partial charge in [-0.05, 0) is 19.1 Å².